The number of hydrogen-bond acceptors (Lipinski definition) is 15. The highest BCUT2D eigenvalue weighted by atomic mass is 19.3. The maximum atomic E-state index is 13.2. The number of esters is 4. The van der Waals surface area contributed by atoms with Crippen LogP contribution in [0.15, 0.2) is 54.9 Å². The topological polar surface area (TPSA) is 188 Å². The van der Waals surface area contributed by atoms with E-state index in [0.29, 0.717) is 23.2 Å². The fourth-order valence-corrected chi connectivity index (χ4v) is 5.92. The zero-order valence-electron chi connectivity index (χ0n) is 30.9. The zero-order chi connectivity index (χ0) is 40.0. The van der Waals surface area contributed by atoms with Crippen molar-refractivity contribution in [1.82, 2.24) is 9.97 Å². The van der Waals surface area contributed by atoms with Crippen molar-refractivity contribution in [2.24, 2.45) is 0 Å². The molecule has 1 aromatic carbocycles. The Morgan fingerprint density at radius 1 is 0.836 bits per heavy atom. The molecule has 1 aliphatic heterocycles. The third kappa shape index (κ3) is 10.8. The standard InChI is InChI=1S/C38H42F2N2O13/c1-19(43)49-31-32(50-20(2)44)34(51-21(3)45)36(55-33(31)35(46)48-6)54-30-14-7-22(17-42-30)15-26(24-9-13-29(41-18-24)38(4,5)47)23-8-12-27(53-37(39)40)28(16-23)52-25-10-11-25/h7-9,12-14,16-18,25-26,31-34,36-37,47H,10-11,15H2,1-6H3/t26-,31-,32+,33?,34?,36+/m0/s1. The molecule has 296 valence electrons. The van der Waals surface area contributed by atoms with Crippen LogP contribution >= 0.6 is 0 Å². The second-order valence-electron chi connectivity index (χ2n) is 13.5. The molecule has 1 aliphatic carbocycles. The minimum atomic E-state index is -3.05. The van der Waals surface area contributed by atoms with Crippen molar-refractivity contribution in [3.63, 3.8) is 0 Å². The summed E-state index contributed by atoms with van der Waals surface area (Å²) in [5.74, 6) is -3.88. The largest absolute Gasteiger partial charge is 0.487 e. The number of nitrogens with zero attached hydrogens (tertiary/aromatic N) is 2. The van der Waals surface area contributed by atoms with Crippen molar-refractivity contribution in [2.45, 2.75) is 109 Å². The highest BCUT2D eigenvalue weighted by Crippen LogP contribution is 2.39. The monoisotopic (exact) mass is 772 g/mol. The van der Waals surface area contributed by atoms with Gasteiger partial charge in [0.15, 0.2) is 29.8 Å². The van der Waals surface area contributed by atoms with E-state index in [-0.39, 0.29) is 23.5 Å². The summed E-state index contributed by atoms with van der Waals surface area (Å²) in [5.41, 5.74) is 1.37. The Morgan fingerprint density at radius 3 is 2.04 bits per heavy atom. The van der Waals surface area contributed by atoms with Gasteiger partial charge >= 0.3 is 30.5 Å². The highest BCUT2D eigenvalue weighted by molar-refractivity contribution is 5.77. The first-order valence-corrected chi connectivity index (χ1v) is 17.3. The van der Waals surface area contributed by atoms with Crippen molar-refractivity contribution in [3.8, 4) is 17.4 Å². The lowest BCUT2D eigenvalue weighted by atomic mass is 9.86. The van der Waals surface area contributed by atoms with Crippen LogP contribution in [0.25, 0.3) is 0 Å². The number of ether oxygens (including phenoxy) is 8. The van der Waals surface area contributed by atoms with Crippen molar-refractivity contribution >= 4 is 23.9 Å². The summed E-state index contributed by atoms with van der Waals surface area (Å²) in [6.45, 7) is 3.41. The Morgan fingerprint density at radius 2 is 1.49 bits per heavy atom. The van der Waals surface area contributed by atoms with Crippen LogP contribution in [0.1, 0.15) is 75.8 Å². The number of halogens is 2. The van der Waals surface area contributed by atoms with E-state index >= 15 is 0 Å². The van der Waals surface area contributed by atoms with E-state index in [1.165, 1.54) is 18.3 Å². The van der Waals surface area contributed by atoms with Gasteiger partial charge in [-0.3, -0.25) is 19.4 Å². The quantitative estimate of drug-likeness (QED) is 0.170. The third-order valence-electron chi connectivity index (χ3n) is 8.53. The Hall–Kier alpha value is -5.42. The lowest BCUT2D eigenvalue weighted by Crippen LogP contribution is -2.64. The molecule has 17 heteroatoms. The number of pyridine rings is 2. The molecule has 55 heavy (non-hydrogen) atoms. The summed E-state index contributed by atoms with van der Waals surface area (Å²) in [5, 5.41) is 10.5. The number of aliphatic hydroxyl groups is 1. The van der Waals surface area contributed by atoms with Gasteiger partial charge in [-0.15, -0.1) is 0 Å². The van der Waals surface area contributed by atoms with Crippen molar-refractivity contribution < 1.29 is 71.0 Å². The van der Waals surface area contributed by atoms with E-state index in [1.807, 2.05) is 6.07 Å². The van der Waals surface area contributed by atoms with Gasteiger partial charge in [-0.25, -0.2) is 9.78 Å². The summed E-state index contributed by atoms with van der Waals surface area (Å²) in [6.07, 6.45) is -2.98. The maximum absolute atomic E-state index is 13.2. The average molecular weight is 773 g/mol. The van der Waals surface area contributed by atoms with Crippen LogP contribution in [0, 0.1) is 0 Å². The summed E-state index contributed by atoms with van der Waals surface area (Å²) >= 11 is 0. The molecule has 0 spiro atoms. The predicted octanol–water partition coefficient (Wildman–Crippen LogP) is 4.29. The lowest BCUT2D eigenvalue weighted by molar-refractivity contribution is -0.283. The highest BCUT2D eigenvalue weighted by Gasteiger charge is 2.56. The van der Waals surface area contributed by atoms with Gasteiger partial charge < -0.3 is 43.0 Å². The Balaban J connectivity index is 1.45. The molecule has 2 aliphatic rings. The number of aromatic nitrogens is 2. The van der Waals surface area contributed by atoms with E-state index < -0.39 is 72.7 Å². The first-order valence-electron chi connectivity index (χ1n) is 17.3. The van der Waals surface area contributed by atoms with E-state index in [2.05, 4.69) is 9.97 Å². The number of hydrogen-bond donors (Lipinski definition) is 1. The summed E-state index contributed by atoms with van der Waals surface area (Å²) in [4.78, 5) is 58.0. The minimum absolute atomic E-state index is 0.0524. The molecule has 3 aromatic rings. The van der Waals surface area contributed by atoms with E-state index in [9.17, 15) is 33.1 Å². The van der Waals surface area contributed by atoms with Gasteiger partial charge in [-0.1, -0.05) is 18.2 Å². The molecule has 1 saturated carbocycles. The van der Waals surface area contributed by atoms with Gasteiger partial charge in [0.1, 0.15) is 5.60 Å². The van der Waals surface area contributed by atoms with Gasteiger partial charge in [0.2, 0.25) is 18.3 Å². The number of carbonyl (C=O) groups excluding carboxylic acids is 4. The van der Waals surface area contributed by atoms with Gasteiger partial charge in [0.05, 0.1) is 18.9 Å². The molecule has 15 nitrogen and oxygen atoms in total. The molecule has 5 rings (SSSR count). The first-order chi connectivity index (χ1) is 26.0. The summed E-state index contributed by atoms with van der Waals surface area (Å²) in [7, 11) is 1.07. The average Bonchev–Trinajstić information content (AvgIpc) is 3.94. The second-order valence-corrected chi connectivity index (χ2v) is 13.5. The number of carbonyl (C=O) groups is 4. The van der Waals surface area contributed by atoms with Crippen LogP contribution in [0.3, 0.4) is 0 Å². The maximum Gasteiger partial charge on any atom is 0.387 e. The normalized spacial score (nSPS) is 21.5. The van der Waals surface area contributed by atoms with E-state index in [4.69, 9.17) is 37.9 Å². The molecule has 2 unspecified atom stereocenters. The Kier molecular flexibility index (Phi) is 12.9. The first kappa shape index (κ1) is 40.8. The fourth-order valence-electron chi connectivity index (χ4n) is 5.92. The molecule has 0 bridgehead atoms. The SMILES string of the molecule is COC(=O)C1O[C@@H](Oc2ccc(C[C@H](c3ccc(C(C)(C)O)nc3)c3ccc(OC(F)F)c(OC4CC4)c3)cn2)C(OC(C)=O)[C@H](OC(C)=O)[C@@H]1OC(C)=O. The molecule has 0 radical (unpaired) electrons. The molecule has 6 atom stereocenters. The smallest absolute Gasteiger partial charge is 0.387 e. The zero-order valence-corrected chi connectivity index (χ0v) is 30.9. The van der Waals surface area contributed by atoms with Crippen molar-refractivity contribution in [1.29, 1.82) is 0 Å². The van der Waals surface area contributed by atoms with Crippen LogP contribution in [0.5, 0.6) is 17.4 Å². The van der Waals surface area contributed by atoms with Crippen LogP contribution in [-0.2, 0) is 54.9 Å². The van der Waals surface area contributed by atoms with Crippen LogP contribution in [-0.4, -0.2) is 89.5 Å². The number of benzene rings is 1. The number of rotatable bonds is 15. The molecule has 3 heterocycles. The molecule has 1 N–H and O–H groups in total. The van der Waals surface area contributed by atoms with Crippen molar-refractivity contribution in [3.05, 3.63) is 77.2 Å². The van der Waals surface area contributed by atoms with Gasteiger partial charge in [0.25, 0.3) is 0 Å². The molecule has 0 amide bonds. The summed E-state index contributed by atoms with van der Waals surface area (Å²) in [6, 6.07) is 11.4. The molecule has 2 fully saturated rings. The van der Waals surface area contributed by atoms with E-state index in [1.54, 1.807) is 44.3 Å². The Labute approximate surface area is 315 Å². The predicted molar refractivity (Wildman–Crippen MR) is 184 cm³/mol. The van der Waals surface area contributed by atoms with Crippen LogP contribution in [0.4, 0.5) is 8.78 Å². The van der Waals surface area contributed by atoms with Gasteiger partial charge in [-0.2, -0.15) is 8.78 Å². The number of methoxy groups -OCH3 is 1. The van der Waals surface area contributed by atoms with Gasteiger partial charge in [-0.05, 0) is 68.0 Å². The van der Waals surface area contributed by atoms with Gasteiger partial charge in [0, 0.05) is 45.1 Å². The minimum Gasteiger partial charge on any atom is -0.487 e. The van der Waals surface area contributed by atoms with E-state index in [0.717, 1.165) is 46.3 Å². The molecular formula is C38H42F2N2O13. The Bertz CT molecular complexity index is 1830. The molecular weight excluding hydrogens is 730 g/mol. The third-order valence-corrected chi connectivity index (χ3v) is 8.53. The molecule has 2 aromatic heterocycles. The fraction of sp³-hybridized carbons (Fsp3) is 0.474. The lowest BCUT2D eigenvalue weighted by Gasteiger charge is -2.42. The second kappa shape index (κ2) is 17.4. The number of alkyl halides is 2. The van der Waals surface area contributed by atoms with Crippen molar-refractivity contribution in [2.75, 3.05) is 7.11 Å². The molecule has 1 saturated heterocycles. The summed E-state index contributed by atoms with van der Waals surface area (Å²) < 4.78 is 69.9. The van der Waals surface area contributed by atoms with Crippen LogP contribution in [0.2, 0.25) is 0 Å². The van der Waals surface area contributed by atoms with Crippen LogP contribution < -0.4 is 14.2 Å².